The van der Waals surface area contributed by atoms with Crippen molar-refractivity contribution < 1.29 is 14.4 Å². The zero-order valence-electron chi connectivity index (χ0n) is 20.3. The van der Waals surface area contributed by atoms with Gasteiger partial charge in [0.05, 0.1) is 11.4 Å². The maximum atomic E-state index is 13.2. The predicted molar refractivity (Wildman–Crippen MR) is 136 cm³/mol. The van der Waals surface area contributed by atoms with Crippen molar-refractivity contribution in [3.63, 3.8) is 0 Å². The van der Waals surface area contributed by atoms with Gasteiger partial charge in [-0.05, 0) is 25.3 Å². The molecule has 0 bridgehead atoms. The standard InChI is InChI=1S/C24H28N4O3.C3H6/c1-15(2)13-17(14-20(25)29)23(30)27-22-24(31)28(3)19-12-8-7-11-18(19)21(26-22)16-9-5-4-6-10-16;1-3-2/h4-12,15,17,22H,13-14H2,1-3H3,(H2,25,29)(H,27,30);3H,1H2,2H3. The summed E-state index contributed by atoms with van der Waals surface area (Å²) in [7, 11) is 1.67. The van der Waals surface area contributed by atoms with E-state index in [1.54, 1.807) is 13.1 Å². The molecule has 0 saturated carbocycles. The summed E-state index contributed by atoms with van der Waals surface area (Å²) in [5, 5.41) is 2.76. The van der Waals surface area contributed by atoms with Gasteiger partial charge in [-0.3, -0.25) is 14.4 Å². The molecule has 2 atom stereocenters. The number of hydrogen-bond donors (Lipinski definition) is 2. The van der Waals surface area contributed by atoms with Crippen molar-refractivity contribution in [2.75, 3.05) is 11.9 Å². The van der Waals surface area contributed by atoms with E-state index in [0.29, 0.717) is 17.8 Å². The molecular weight excluding hydrogens is 428 g/mol. The summed E-state index contributed by atoms with van der Waals surface area (Å²) in [5.41, 5.74) is 8.32. The summed E-state index contributed by atoms with van der Waals surface area (Å²) in [6.45, 7) is 9.18. The SMILES string of the molecule is C=CC.CC(C)CC(CC(N)=O)C(=O)NC1N=C(c2ccccc2)c2ccccc2N(C)C1=O. The van der Waals surface area contributed by atoms with E-state index in [2.05, 4.69) is 16.9 Å². The number of nitrogens with zero attached hydrogens (tertiary/aromatic N) is 2. The second-order valence-corrected chi connectivity index (χ2v) is 8.57. The van der Waals surface area contributed by atoms with E-state index in [1.165, 1.54) is 4.90 Å². The highest BCUT2D eigenvalue weighted by Gasteiger charge is 2.33. The number of amides is 3. The number of likely N-dealkylation sites (N-methyl/N-ethyl adjacent to an activating group) is 1. The highest BCUT2D eigenvalue weighted by molar-refractivity contribution is 6.20. The number of nitrogens with one attached hydrogen (secondary N) is 1. The van der Waals surface area contributed by atoms with E-state index in [9.17, 15) is 14.4 Å². The molecule has 1 heterocycles. The molecule has 3 rings (SSSR count). The van der Waals surface area contributed by atoms with E-state index in [-0.39, 0.29) is 18.2 Å². The Hall–Kier alpha value is -3.74. The van der Waals surface area contributed by atoms with E-state index >= 15 is 0 Å². The largest absolute Gasteiger partial charge is 0.370 e. The number of benzodiazepines with no additional fused rings is 1. The van der Waals surface area contributed by atoms with Crippen LogP contribution in [0.4, 0.5) is 5.69 Å². The Morgan fingerprint density at radius 2 is 1.74 bits per heavy atom. The maximum Gasteiger partial charge on any atom is 0.272 e. The van der Waals surface area contributed by atoms with Gasteiger partial charge >= 0.3 is 0 Å². The highest BCUT2D eigenvalue weighted by Crippen LogP contribution is 2.27. The van der Waals surface area contributed by atoms with Crippen molar-refractivity contribution in [2.45, 2.75) is 39.8 Å². The van der Waals surface area contributed by atoms with E-state index in [1.807, 2.05) is 75.4 Å². The van der Waals surface area contributed by atoms with Gasteiger partial charge < -0.3 is 16.0 Å². The number of carbonyl (C=O) groups excluding carboxylic acids is 3. The molecule has 0 fully saturated rings. The summed E-state index contributed by atoms with van der Waals surface area (Å²) >= 11 is 0. The first-order valence-electron chi connectivity index (χ1n) is 11.3. The third-order valence-corrected chi connectivity index (χ3v) is 5.24. The normalized spacial score (nSPS) is 15.8. The third kappa shape index (κ3) is 6.88. The molecule has 2 aromatic carbocycles. The Labute approximate surface area is 201 Å². The van der Waals surface area contributed by atoms with Gasteiger partial charge in [0.25, 0.3) is 5.91 Å². The van der Waals surface area contributed by atoms with Crippen LogP contribution in [0.5, 0.6) is 0 Å². The van der Waals surface area contributed by atoms with Crippen LogP contribution in [0.3, 0.4) is 0 Å². The molecule has 180 valence electrons. The number of fused-ring (bicyclic) bond motifs is 1. The van der Waals surface area contributed by atoms with E-state index in [0.717, 1.165) is 11.1 Å². The summed E-state index contributed by atoms with van der Waals surface area (Å²) < 4.78 is 0. The van der Waals surface area contributed by atoms with Gasteiger partial charge in [-0.25, -0.2) is 4.99 Å². The van der Waals surface area contributed by atoms with Crippen molar-refractivity contribution in [1.29, 1.82) is 0 Å². The number of hydrogen-bond acceptors (Lipinski definition) is 4. The number of rotatable bonds is 7. The number of benzene rings is 2. The predicted octanol–water partition coefficient (Wildman–Crippen LogP) is 3.67. The van der Waals surface area contributed by atoms with Crippen LogP contribution in [0.1, 0.15) is 44.7 Å². The summed E-state index contributed by atoms with van der Waals surface area (Å²) in [5.74, 6) is -1.73. The number of para-hydroxylation sites is 1. The minimum atomic E-state index is -1.11. The van der Waals surface area contributed by atoms with Gasteiger partial charge in [-0.15, -0.1) is 6.58 Å². The summed E-state index contributed by atoms with van der Waals surface area (Å²) in [6, 6.07) is 17.0. The Kier molecular flexibility index (Phi) is 9.74. The quantitative estimate of drug-likeness (QED) is 0.613. The Bertz CT molecular complexity index is 1050. The first kappa shape index (κ1) is 26.5. The summed E-state index contributed by atoms with van der Waals surface area (Å²) in [4.78, 5) is 43.9. The van der Waals surface area contributed by atoms with Gasteiger partial charge in [0.2, 0.25) is 18.0 Å². The number of aliphatic imine (C=N–C) groups is 1. The van der Waals surface area contributed by atoms with Crippen LogP contribution in [0.2, 0.25) is 0 Å². The lowest BCUT2D eigenvalue weighted by Gasteiger charge is -2.23. The Morgan fingerprint density at radius 1 is 1.15 bits per heavy atom. The maximum absolute atomic E-state index is 13.2. The minimum absolute atomic E-state index is 0.0732. The molecule has 0 radical (unpaired) electrons. The number of anilines is 1. The molecule has 2 aromatic rings. The van der Waals surface area contributed by atoms with Gasteiger partial charge in [-0.1, -0.05) is 68.5 Å². The highest BCUT2D eigenvalue weighted by atomic mass is 16.2. The second-order valence-electron chi connectivity index (χ2n) is 8.57. The zero-order chi connectivity index (χ0) is 25.3. The van der Waals surface area contributed by atoms with Crippen LogP contribution in [0.15, 0.2) is 72.2 Å². The molecule has 0 aromatic heterocycles. The van der Waals surface area contributed by atoms with Gasteiger partial charge in [0, 0.05) is 30.5 Å². The molecule has 3 amide bonds. The van der Waals surface area contributed by atoms with Crippen LogP contribution in [0.25, 0.3) is 0 Å². The smallest absolute Gasteiger partial charge is 0.272 e. The molecule has 34 heavy (non-hydrogen) atoms. The van der Waals surface area contributed by atoms with Crippen molar-refractivity contribution in [1.82, 2.24) is 5.32 Å². The fourth-order valence-electron chi connectivity index (χ4n) is 3.79. The minimum Gasteiger partial charge on any atom is -0.370 e. The average molecular weight is 463 g/mol. The topological polar surface area (TPSA) is 105 Å². The van der Waals surface area contributed by atoms with Crippen LogP contribution < -0.4 is 16.0 Å². The number of carbonyl (C=O) groups is 3. The van der Waals surface area contributed by atoms with Crippen molar-refractivity contribution in [3.05, 3.63) is 78.4 Å². The second kappa shape index (κ2) is 12.5. The van der Waals surface area contributed by atoms with E-state index in [4.69, 9.17) is 5.73 Å². The van der Waals surface area contributed by atoms with Crippen molar-refractivity contribution in [3.8, 4) is 0 Å². The molecule has 3 N–H and O–H groups in total. The lowest BCUT2D eigenvalue weighted by molar-refractivity contribution is -0.132. The number of primary amides is 1. The van der Waals surface area contributed by atoms with Crippen LogP contribution in [-0.4, -0.2) is 36.6 Å². The molecule has 2 unspecified atom stereocenters. The monoisotopic (exact) mass is 462 g/mol. The average Bonchev–Trinajstić information content (AvgIpc) is 2.90. The molecule has 7 nitrogen and oxygen atoms in total. The first-order valence-corrected chi connectivity index (χ1v) is 11.3. The molecule has 1 aliphatic heterocycles. The first-order chi connectivity index (χ1) is 16.2. The van der Waals surface area contributed by atoms with Crippen LogP contribution in [-0.2, 0) is 14.4 Å². The Morgan fingerprint density at radius 3 is 2.32 bits per heavy atom. The fraction of sp³-hybridized carbons (Fsp3) is 0.333. The number of nitrogens with two attached hydrogens (primary N) is 1. The third-order valence-electron chi connectivity index (χ3n) is 5.24. The lowest BCUT2D eigenvalue weighted by atomic mass is 9.93. The van der Waals surface area contributed by atoms with Crippen molar-refractivity contribution in [2.24, 2.45) is 22.6 Å². The van der Waals surface area contributed by atoms with E-state index < -0.39 is 23.9 Å². The summed E-state index contributed by atoms with van der Waals surface area (Å²) in [6.07, 6.45) is 1.06. The fourth-order valence-corrected chi connectivity index (χ4v) is 3.79. The van der Waals surface area contributed by atoms with Crippen molar-refractivity contribution >= 4 is 29.1 Å². The molecule has 1 aliphatic rings. The lowest BCUT2D eigenvalue weighted by Crippen LogP contribution is -2.48. The van der Waals surface area contributed by atoms with Gasteiger partial charge in [0.1, 0.15) is 0 Å². The molecule has 0 saturated heterocycles. The zero-order valence-corrected chi connectivity index (χ0v) is 20.3. The van der Waals surface area contributed by atoms with Gasteiger partial charge in [0.15, 0.2) is 0 Å². The number of allylic oxidation sites excluding steroid dienone is 1. The molecule has 7 heteroatoms. The molecule has 0 aliphatic carbocycles. The van der Waals surface area contributed by atoms with Crippen LogP contribution in [0, 0.1) is 11.8 Å². The van der Waals surface area contributed by atoms with Crippen LogP contribution >= 0.6 is 0 Å². The molecular formula is C27H34N4O3. The Balaban J connectivity index is 0.00000129. The molecule has 0 spiro atoms. The van der Waals surface area contributed by atoms with Gasteiger partial charge in [-0.2, -0.15) is 0 Å².